The van der Waals surface area contributed by atoms with E-state index in [1.807, 2.05) is 32.0 Å². The van der Waals surface area contributed by atoms with E-state index in [4.69, 9.17) is 9.05 Å². The van der Waals surface area contributed by atoms with Crippen molar-refractivity contribution in [2.45, 2.75) is 51.6 Å². The van der Waals surface area contributed by atoms with E-state index in [2.05, 4.69) is 12.1 Å². The smallest absolute Gasteiger partial charge is 0.308 e. The zero-order valence-corrected chi connectivity index (χ0v) is 14.1. The quantitative estimate of drug-likeness (QED) is 0.617. The van der Waals surface area contributed by atoms with Gasteiger partial charge >= 0.3 is 7.60 Å². The fourth-order valence-electron chi connectivity index (χ4n) is 3.37. The van der Waals surface area contributed by atoms with Crippen LogP contribution < -0.4 is 0 Å². The topological polar surface area (TPSA) is 35.5 Å². The van der Waals surface area contributed by atoms with Crippen molar-refractivity contribution in [3.63, 3.8) is 0 Å². The summed E-state index contributed by atoms with van der Waals surface area (Å²) in [6, 6.07) is 10.1. The van der Waals surface area contributed by atoms with Gasteiger partial charge in [0.1, 0.15) is 0 Å². The summed E-state index contributed by atoms with van der Waals surface area (Å²) in [5, 5.41) is 0. The molecule has 21 heavy (non-hydrogen) atoms. The Hall–Kier alpha value is -0.630. The lowest BCUT2D eigenvalue weighted by Crippen LogP contribution is -2.19. The van der Waals surface area contributed by atoms with Crippen molar-refractivity contribution < 1.29 is 13.6 Å². The van der Waals surface area contributed by atoms with Crippen LogP contribution in [0.15, 0.2) is 30.3 Å². The van der Waals surface area contributed by atoms with E-state index in [0.29, 0.717) is 19.1 Å². The third-order valence-electron chi connectivity index (χ3n) is 4.20. The van der Waals surface area contributed by atoms with Crippen LogP contribution >= 0.6 is 7.60 Å². The normalized spacial score (nSPS) is 18.6. The Morgan fingerprint density at radius 3 is 2.14 bits per heavy atom. The molecule has 0 aromatic heterocycles. The predicted octanol–water partition coefficient (Wildman–Crippen LogP) is 5.57. The van der Waals surface area contributed by atoms with Crippen LogP contribution in [-0.4, -0.2) is 13.2 Å². The number of hydrogen-bond donors (Lipinski definition) is 0. The molecule has 0 bridgehead atoms. The van der Waals surface area contributed by atoms with E-state index in [9.17, 15) is 4.57 Å². The molecular weight excluding hydrogens is 283 g/mol. The fraction of sp³-hybridized carbons (Fsp3) is 0.647. The van der Waals surface area contributed by atoms with Crippen LogP contribution in [0.5, 0.6) is 0 Å². The molecule has 2 rings (SSSR count). The van der Waals surface area contributed by atoms with Crippen LogP contribution in [0.4, 0.5) is 0 Å². The minimum atomic E-state index is -3.12. The monoisotopic (exact) mass is 310 g/mol. The number of hydrogen-bond acceptors (Lipinski definition) is 3. The van der Waals surface area contributed by atoms with Crippen LogP contribution in [-0.2, 0) is 13.6 Å². The van der Waals surface area contributed by atoms with E-state index >= 15 is 0 Å². The van der Waals surface area contributed by atoms with Gasteiger partial charge in [0.25, 0.3) is 0 Å². The maximum atomic E-state index is 13.4. The minimum Gasteiger partial charge on any atom is -0.308 e. The van der Waals surface area contributed by atoms with Gasteiger partial charge in [-0.3, -0.25) is 4.57 Å². The van der Waals surface area contributed by atoms with Crippen molar-refractivity contribution in [2.75, 3.05) is 13.2 Å². The van der Waals surface area contributed by atoms with Crippen LogP contribution in [0.2, 0.25) is 0 Å². The largest absolute Gasteiger partial charge is 0.338 e. The Morgan fingerprint density at radius 1 is 1.05 bits per heavy atom. The fourth-order valence-corrected chi connectivity index (χ4v) is 5.84. The van der Waals surface area contributed by atoms with E-state index < -0.39 is 7.60 Å². The highest BCUT2D eigenvalue weighted by atomic mass is 31.2. The summed E-state index contributed by atoms with van der Waals surface area (Å²) in [6.07, 6.45) is 5.94. The third-order valence-corrected chi connectivity index (χ3v) is 6.83. The average molecular weight is 310 g/mol. The molecule has 1 aliphatic rings. The Labute approximate surface area is 128 Å². The zero-order chi connectivity index (χ0) is 15.1. The highest BCUT2D eigenvalue weighted by molar-refractivity contribution is 7.54. The van der Waals surface area contributed by atoms with Crippen molar-refractivity contribution >= 4 is 7.60 Å². The molecule has 1 saturated carbocycles. The molecule has 1 unspecified atom stereocenters. The van der Waals surface area contributed by atoms with Crippen LogP contribution in [0.25, 0.3) is 0 Å². The lowest BCUT2D eigenvalue weighted by atomic mass is 9.84. The highest BCUT2D eigenvalue weighted by Crippen LogP contribution is 2.65. The van der Waals surface area contributed by atoms with E-state index in [-0.39, 0.29) is 5.66 Å². The molecule has 1 atom stereocenters. The first kappa shape index (κ1) is 16.7. The Morgan fingerprint density at radius 2 is 1.62 bits per heavy atom. The van der Waals surface area contributed by atoms with Gasteiger partial charge in [-0.15, -0.1) is 0 Å². The molecule has 118 valence electrons. The van der Waals surface area contributed by atoms with Gasteiger partial charge in [-0.25, -0.2) is 0 Å². The van der Waals surface area contributed by atoms with Crippen LogP contribution in [0.1, 0.15) is 57.2 Å². The predicted molar refractivity (Wildman–Crippen MR) is 86.6 cm³/mol. The van der Waals surface area contributed by atoms with E-state index in [1.54, 1.807) is 0 Å². The summed E-state index contributed by atoms with van der Waals surface area (Å²) in [7, 11) is -3.12. The van der Waals surface area contributed by atoms with Gasteiger partial charge in [-0.05, 0) is 38.2 Å². The van der Waals surface area contributed by atoms with Gasteiger partial charge in [0.05, 0.1) is 18.9 Å². The minimum absolute atomic E-state index is 0.126. The molecule has 1 aliphatic carbocycles. The first-order valence-electron chi connectivity index (χ1n) is 8.15. The highest BCUT2D eigenvalue weighted by Gasteiger charge is 2.42. The van der Waals surface area contributed by atoms with Crippen LogP contribution in [0, 0.1) is 5.92 Å². The van der Waals surface area contributed by atoms with Gasteiger partial charge < -0.3 is 9.05 Å². The summed E-state index contributed by atoms with van der Waals surface area (Å²) in [5.41, 5.74) is 0.966. The molecule has 0 saturated heterocycles. The van der Waals surface area contributed by atoms with Gasteiger partial charge in [0.2, 0.25) is 0 Å². The van der Waals surface area contributed by atoms with E-state index in [1.165, 1.54) is 19.3 Å². The molecule has 0 radical (unpaired) electrons. The lowest BCUT2D eigenvalue weighted by molar-refractivity contribution is 0.195. The molecule has 0 N–H and O–H groups in total. The molecule has 1 fully saturated rings. The van der Waals surface area contributed by atoms with Crippen molar-refractivity contribution in [2.24, 2.45) is 5.92 Å². The number of benzene rings is 1. The second kappa shape index (κ2) is 8.12. The maximum Gasteiger partial charge on any atom is 0.338 e. The summed E-state index contributed by atoms with van der Waals surface area (Å²) in [5.74, 6) is 0.394. The summed E-state index contributed by atoms with van der Waals surface area (Å²) >= 11 is 0. The molecule has 0 heterocycles. The molecule has 0 amide bonds. The average Bonchev–Trinajstić information content (AvgIpc) is 2.50. The van der Waals surface area contributed by atoms with Gasteiger partial charge in [-0.2, -0.15) is 0 Å². The first-order valence-corrected chi connectivity index (χ1v) is 9.76. The van der Waals surface area contributed by atoms with Crippen molar-refractivity contribution in [3.05, 3.63) is 35.9 Å². The van der Waals surface area contributed by atoms with Gasteiger partial charge in [0.15, 0.2) is 0 Å². The Bertz CT molecular complexity index is 444. The van der Waals surface area contributed by atoms with Gasteiger partial charge in [-0.1, -0.05) is 49.6 Å². The lowest BCUT2D eigenvalue weighted by Gasteiger charge is -2.35. The molecule has 1 aromatic rings. The Balaban J connectivity index is 2.35. The third kappa shape index (κ3) is 4.18. The number of rotatable bonds is 7. The van der Waals surface area contributed by atoms with Crippen molar-refractivity contribution in [3.8, 4) is 0 Å². The molecule has 0 spiro atoms. The Kier molecular flexibility index (Phi) is 6.47. The van der Waals surface area contributed by atoms with Crippen LogP contribution in [0.3, 0.4) is 0 Å². The molecule has 4 heteroatoms. The summed E-state index contributed by atoms with van der Waals surface area (Å²) < 4.78 is 24.7. The molecule has 0 aliphatic heterocycles. The second-order valence-corrected chi connectivity index (χ2v) is 7.78. The molecular formula is C17H27O3P. The molecule has 1 aromatic carbocycles. The summed E-state index contributed by atoms with van der Waals surface area (Å²) in [4.78, 5) is 0. The SMILES string of the molecule is CCOP(=O)(OCC)C(c1ccccc1)C1CCCCC1. The first-order chi connectivity index (χ1) is 10.2. The zero-order valence-electron chi connectivity index (χ0n) is 13.2. The van der Waals surface area contributed by atoms with Crippen molar-refractivity contribution in [1.82, 2.24) is 0 Å². The second-order valence-electron chi connectivity index (χ2n) is 5.63. The van der Waals surface area contributed by atoms with E-state index in [0.717, 1.165) is 18.4 Å². The molecule has 3 nitrogen and oxygen atoms in total. The van der Waals surface area contributed by atoms with Crippen molar-refractivity contribution in [1.29, 1.82) is 0 Å². The standard InChI is InChI=1S/C17H27O3P/c1-3-19-21(18,20-4-2)17(15-11-7-5-8-12-15)16-13-9-6-10-14-16/h5,7-8,11-12,16-17H,3-4,6,9-10,13-14H2,1-2H3. The van der Waals surface area contributed by atoms with Gasteiger partial charge in [0, 0.05) is 0 Å². The maximum absolute atomic E-state index is 13.4. The summed E-state index contributed by atoms with van der Waals surface area (Å²) in [6.45, 7) is 4.61.